The maximum Gasteiger partial charge on any atom is 0.191 e. The van der Waals surface area contributed by atoms with E-state index < -0.39 is 5.60 Å². The second-order valence-corrected chi connectivity index (χ2v) is 6.30. The summed E-state index contributed by atoms with van der Waals surface area (Å²) >= 11 is 6.16. The Bertz CT molecular complexity index is 504. The SMILES string of the molecule is CCNC(=NCC1(O)CCCC1)NCCc1ccccc1Cl.I. The molecule has 1 aromatic carbocycles. The van der Waals surface area contributed by atoms with Crippen LogP contribution in [0.15, 0.2) is 29.3 Å². The first-order chi connectivity index (χ1) is 10.6. The van der Waals surface area contributed by atoms with E-state index in [0.717, 1.165) is 61.7 Å². The Hall–Kier alpha value is -0.530. The van der Waals surface area contributed by atoms with Crippen LogP contribution in [-0.4, -0.2) is 36.3 Å². The third-order valence-electron chi connectivity index (χ3n) is 4.05. The molecule has 0 amide bonds. The summed E-state index contributed by atoms with van der Waals surface area (Å²) in [6, 6.07) is 7.88. The van der Waals surface area contributed by atoms with Crippen LogP contribution in [0.1, 0.15) is 38.2 Å². The summed E-state index contributed by atoms with van der Waals surface area (Å²) in [5, 5.41) is 17.7. The van der Waals surface area contributed by atoms with E-state index in [9.17, 15) is 5.11 Å². The largest absolute Gasteiger partial charge is 0.388 e. The van der Waals surface area contributed by atoms with E-state index in [1.807, 2.05) is 31.2 Å². The van der Waals surface area contributed by atoms with Gasteiger partial charge in [-0.05, 0) is 37.8 Å². The predicted octanol–water partition coefficient (Wildman–Crippen LogP) is 3.36. The molecular weight excluding hydrogens is 425 g/mol. The molecule has 0 saturated heterocycles. The molecule has 0 spiro atoms. The van der Waals surface area contributed by atoms with Crippen molar-refractivity contribution in [2.24, 2.45) is 4.99 Å². The zero-order valence-electron chi connectivity index (χ0n) is 13.6. The minimum Gasteiger partial charge on any atom is -0.388 e. The van der Waals surface area contributed by atoms with E-state index in [4.69, 9.17) is 11.6 Å². The van der Waals surface area contributed by atoms with Crippen LogP contribution < -0.4 is 10.6 Å². The zero-order chi connectivity index (χ0) is 15.8. The predicted molar refractivity (Wildman–Crippen MR) is 108 cm³/mol. The number of hydrogen-bond acceptors (Lipinski definition) is 2. The number of hydrogen-bond donors (Lipinski definition) is 3. The van der Waals surface area contributed by atoms with Crippen LogP contribution in [0.4, 0.5) is 0 Å². The first-order valence-corrected chi connectivity index (χ1v) is 8.49. The molecule has 0 aromatic heterocycles. The standard InChI is InChI=1S/C17H26ClN3O.HI/c1-2-19-16(21-13-17(22)10-5-6-11-17)20-12-9-14-7-3-4-8-15(14)18;/h3-4,7-8,22H,2,5-6,9-13H2,1H3,(H2,19,20,21);1H. The summed E-state index contributed by atoms with van der Waals surface area (Å²) in [5.74, 6) is 0.759. The van der Waals surface area contributed by atoms with Gasteiger partial charge in [0, 0.05) is 18.1 Å². The molecule has 0 heterocycles. The number of guanidine groups is 1. The lowest BCUT2D eigenvalue weighted by Gasteiger charge is -2.20. The van der Waals surface area contributed by atoms with Gasteiger partial charge in [-0.3, -0.25) is 4.99 Å². The minimum absolute atomic E-state index is 0. The first-order valence-electron chi connectivity index (χ1n) is 8.11. The summed E-state index contributed by atoms with van der Waals surface area (Å²) in [5.41, 5.74) is 0.521. The fourth-order valence-corrected chi connectivity index (χ4v) is 3.01. The van der Waals surface area contributed by atoms with Gasteiger partial charge < -0.3 is 15.7 Å². The Kier molecular flexibility index (Phi) is 9.24. The van der Waals surface area contributed by atoms with Crippen LogP contribution in [0.2, 0.25) is 5.02 Å². The molecular formula is C17H27ClIN3O. The number of rotatable bonds is 6. The smallest absolute Gasteiger partial charge is 0.191 e. The molecule has 0 bridgehead atoms. The topological polar surface area (TPSA) is 56.7 Å². The van der Waals surface area contributed by atoms with Crippen LogP contribution in [0.25, 0.3) is 0 Å². The van der Waals surface area contributed by atoms with Crippen LogP contribution in [0, 0.1) is 0 Å². The molecule has 23 heavy (non-hydrogen) atoms. The highest BCUT2D eigenvalue weighted by atomic mass is 127. The van der Waals surface area contributed by atoms with Gasteiger partial charge >= 0.3 is 0 Å². The number of aliphatic imine (C=N–C) groups is 1. The minimum atomic E-state index is -0.606. The van der Waals surface area contributed by atoms with E-state index in [2.05, 4.69) is 15.6 Å². The van der Waals surface area contributed by atoms with Gasteiger partial charge in [0.2, 0.25) is 0 Å². The highest BCUT2D eigenvalue weighted by Gasteiger charge is 2.30. The van der Waals surface area contributed by atoms with Crippen LogP contribution in [0.3, 0.4) is 0 Å². The number of halogens is 2. The summed E-state index contributed by atoms with van der Waals surface area (Å²) in [4.78, 5) is 4.53. The number of nitrogens with one attached hydrogen (secondary N) is 2. The molecule has 0 radical (unpaired) electrons. The van der Waals surface area contributed by atoms with Crippen molar-refractivity contribution in [3.63, 3.8) is 0 Å². The molecule has 1 saturated carbocycles. The van der Waals surface area contributed by atoms with Gasteiger partial charge in [0.1, 0.15) is 0 Å². The van der Waals surface area contributed by atoms with Gasteiger partial charge in [-0.2, -0.15) is 0 Å². The molecule has 0 atom stereocenters. The average Bonchev–Trinajstić information content (AvgIpc) is 2.94. The Morgan fingerprint density at radius 1 is 1.26 bits per heavy atom. The van der Waals surface area contributed by atoms with E-state index in [-0.39, 0.29) is 24.0 Å². The summed E-state index contributed by atoms with van der Waals surface area (Å²) in [7, 11) is 0. The van der Waals surface area contributed by atoms with E-state index >= 15 is 0 Å². The molecule has 1 fully saturated rings. The average molecular weight is 452 g/mol. The maximum atomic E-state index is 10.4. The monoisotopic (exact) mass is 451 g/mol. The molecule has 1 aliphatic carbocycles. The zero-order valence-corrected chi connectivity index (χ0v) is 16.7. The van der Waals surface area contributed by atoms with E-state index in [1.165, 1.54) is 0 Å². The van der Waals surface area contributed by atoms with Crippen LogP contribution in [-0.2, 0) is 6.42 Å². The molecule has 0 unspecified atom stereocenters. The molecule has 1 aliphatic rings. The number of nitrogens with zero attached hydrogens (tertiary/aromatic N) is 1. The fraction of sp³-hybridized carbons (Fsp3) is 0.588. The molecule has 6 heteroatoms. The third kappa shape index (κ3) is 6.85. The summed E-state index contributed by atoms with van der Waals surface area (Å²) in [6.45, 7) is 4.06. The van der Waals surface area contributed by atoms with Crippen molar-refractivity contribution in [1.82, 2.24) is 10.6 Å². The molecule has 4 nitrogen and oxygen atoms in total. The first kappa shape index (κ1) is 20.5. The van der Waals surface area contributed by atoms with Gasteiger partial charge in [0.25, 0.3) is 0 Å². The van der Waals surface area contributed by atoms with Crippen molar-refractivity contribution < 1.29 is 5.11 Å². The molecule has 2 rings (SSSR count). The van der Waals surface area contributed by atoms with Gasteiger partial charge in [-0.1, -0.05) is 42.6 Å². The normalized spacial score (nSPS) is 16.7. The Balaban J connectivity index is 0.00000264. The Morgan fingerprint density at radius 3 is 2.61 bits per heavy atom. The highest BCUT2D eigenvalue weighted by Crippen LogP contribution is 2.29. The van der Waals surface area contributed by atoms with Gasteiger partial charge in [0.05, 0.1) is 12.1 Å². The lowest BCUT2D eigenvalue weighted by atomic mass is 10.0. The van der Waals surface area contributed by atoms with E-state index in [0.29, 0.717) is 6.54 Å². The second kappa shape index (κ2) is 10.4. The van der Waals surface area contributed by atoms with Gasteiger partial charge in [-0.25, -0.2) is 0 Å². The fourth-order valence-electron chi connectivity index (χ4n) is 2.78. The summed E-state index contributed by atoms with van der Waals surface area (Å²) < 4.78 is 0. The second-order valence-electron chi connectivity index (χ2n) is 5.89. The third-order valence-corrected chi connectivity index (χ3v) is 4.42. The van der Waals surface area contributed by atoms with Crippen molar-refractivity contribution in [2.45, 2.75) is 44.6 Å². The summed E-state index contributed by atoms with van der Waals surface area (Å²) in [6.07, 6.45) is 4.75. The van der Waals surface area contributed by atoms with Crippen molar-refractivity contribution in [1.29, 1.82) is 0 Å². The Morgan fingerprint density at radius 2 is 1.96 bits per heavy atom. The van der Waals surface area contributed by atoms with Crippen molar-refractivity contribution >= 4 is 41.5 Å². The molecule has 1 aromatic rings. The van der Waals surface area contributed by atoms with Gasteiger partial charge in [0.15, 0.2) is 5.96 Å². The van der Waals surface area contributed by atoms with Crippen molar-refractivity contribution in [2.75, 3.05) is 19.6 Å². The molecule has 130 valence electrons. The molecule has 0 aliphatic heterocycles. The van der Waals surface area contributed by atoms with Crippen LogP contribution in [0.5, 0.6) is 0 Å². The lowest BCUT2D eigenvalue weighted by molar-refractivity contribution is 0.0574. The highest BCUT2D eigenvalue weighted by molar-refractivity contribution is 14.0. The number of benzene rings is 1. The van der Waals surface area contributed by atoms with Gasteiger partial charge in [-0.15, -0.1) is 24.0 Å². The Labute approximate surface area is 161 Å². The van der Waals surface area contributed by atoms with Crippen molar-refractivity contribution in [3.8, 4) is 0 Å². The lowest BCUT2D eigenvalue weighted by Crippen LogP contribution is -2.40. The van der Waals surface area contributed by atoms with Crippen LogP contribution >= 0.6 is 35.6 Å². The van der Waals surface area contributed by atoms with Crippen molar-refractivity contribution in [3.05, 3.63) is 34.9 Å². The van der Waals surface area contributed by atoms with E-state index in [1.54, 1.807) is 0 Å². The quantitative estimate of drug-likeness (QED) is 0.353. The maximum absolute atomic E-state index is 10.4. The number of aliphatic hydroxyl groups is 1. The molecule has 3 N–H and O–H groups in total.